The first-order valence-electron chi connectivity index (χ1n) is 9.79. The van der Waals surface area contributed by atoms with Crippen LogP contribution in [0.15, 0.2) is 18.2 Å². The van der Waals surface area contributed by atoms with Gasteiger partial charge in [0.05, 0.1) is 5.25 Å². The van der Waals surface area contributed by atoms with Crippen molar-refractivity contribution in [1.29, 1.82) is 0 Å². The number of aryl methyl sites for hydroxylation is 2. The number of fused-ring (bicyclic) bond motifs is 1. The van der Waals surface area contributed by atoms with Gasteiger partial charge in [-0.15, -0.1) is 0 Å². The van der Waals surface area contributed by atoms with Crippen molar-refractivity contribution in [2.75, 3.05) is 31.6 Å². The van der Waals surface area contributed by atoms with Crippen molar-refractivity contribution >= 4 is 26.9 Å². The number of anilines is 1. The van der Waals surface area contributed by atoms with Gasteiger partial charge in [0.1, 0.15) is 5.82 Å². The maximum atomic E-state index is 12.3. The van der Waals surface area contributed by atoms with E-state index in [2.05, 4.69) is 35.0 Å². The standard InChI is InChI=1S/C20H28N4O2S/c1-14-12-15(2)21-20-18(14)6-7-19(22-20)24-10-8-16(9-11-24)13-23(3)27(25,26)17-4-5-17/h6-7,12,16-17H,4-5,8-11,13H2,1-3H3. The van der Waals surface area contributed by atoms with Crippen LogP contribution in [-0.2, 0) is 10.0 Å². The highest BCUT2D eigenvalue weighted by molar-refractivity contribution is 7.90. The molecule has 7 heteroatoms. The Kier molecular flexibility index (Phi) is 4.84. The number of hydrogen-bond acceptors (Lipinski definition) is 5. The highest BCUT2D eigenvalue weighted by atomic mass is 32.2. The molecule has 0 radical (unpaired) electrons. The first-order chi connectivity index (χ1) is 12.8. The number of sulfonamides is 1. The number of hydrogen-bond donors (Lipinski definition) is 0. The molecule has 0 amide bonds. The van der Waals surface area contributed by atoms with Gasteiger partial charge >= 0.3 is 0 Å². The van der Waals surface area contributed by atoms with Gasteiger partial charge in [-0.05, 0) is 69.2 Å². The van der Waals surface area contributed by atoms with Crippen molar-refractivity contribution in [2.24, 2.45) is 5.92 Å². The summed E-state index contributed by atoms with van der Waals surface area (Å²) < 4.78 is 26.3. The van der Waals surface area contributed by atoms with Crippen LogP contribution >= 0.6 is 0 Å². The Hall–Kier alpha value is -1.73. The zero-order valence-electron chi connectivity index (χ0n) is 16.4. The van der Waals surface area contributed by atoms with Crippen molar-refractivity contribution in [3.63, 3.8) is 0 Å². The van der Waals surface area contributed by atoms with Crippen LogP contribution in [0.2, 0.25) is 0 Å². The lowest BCUT2D eigenvalue weighted by Gasteiger charge is -2.34. The molecule has 1 saturated heterocycles. The van der Waals surface area contributed by atoms with Crippen molar-refractivity contribution in [3.8, 4) is 0 Å². The lowest BCUT2D eigenvalue weighted by molar-refractivity contribution is 0.327. The molecule has 3 heterocycles. The summed E-state index contributed by atoms with van der Waals surface area (Å²) >= 11 is 0. The van der Waals surface area contributed by atoms with Gasteiger partial charge in [-0.25, -0.2) is 22.7 Å². The predicted molar refractivity (Wildman–Crippen MR) is 109 cm³/mol. The average molecular weight is 389 g/mol. The third-order valence-electron chi connectivity index (χ3n) is 5.83. The first-order valence-corrected chi connectivity index (χ1v) is 11.3. The molecule has 0 aromatic carbocycles. The van der Waals surface area contributed by atoms with Crippen LogP contribution in [0.25, 0.3) is 11.0 Å². The van der Waals surface area contributed by atoms with Gasteiger partial charge in [0.25, 0.3) is 0 Å². The molecule has 2 aromatic rings. The van der Waals surface area contributed by atoms with E-state index in [9.17, 15) is 8.42 Å². The zero-order chi connectivity index (χ0) is 19.2. The van der Waals surface area contributed by atoms with Crippen LogP contribution in [0.5, 0.6) is 0 Å². The molecule has 0 N–H and O–H groups in total. The lowest BCUT2D eigenvalue weighted by atomic mass is 9.97. The van der Waals surface area contributed by atoms with E-state index in [1.54, 1.807) is 11.4 Å². The minimum Gasteiger partial charge on any atom is -0.357 e. The first kappa shape index (κ1) is 18.6. The van der Waals surface area contributed by atoms with E-state index in [1.807, 2.05) is 6.92 Å². The molecule has 2 fully saturated rings. The van der Waals surface area contributed by atoms with E-state index in [0.717, 1.165) is 61.3 Å². The molecule has 1 saturated carbocycles. The third kappa shape index (κ3) is 3.80. The fourth-order valence-corrected chi connectivity index (χ4v) is 5.69. The number of aromatic nitrogens is 2. The second kappa shape index (κ2) is 7.02. The molecule has 0 atom stereocenters. The van der Waals surface area contributed by atoms with Crippen molar-refractivity contribution in [1.82, 2.24) is 14.3 Å². The predicted octanol–water partition coefficient (Wildman–Crippen LogP) is 2.89. The molecule has 1 aliphatic carbocycles. The molecule has 4 rings (SSSR count). The molecule has 146 valence electrons. The van der Waals surface area contributed by atoms with E-state index >= 15 is 0 Å². The number of pyridine rings is 2. The Morgan fingerprint density at radius 3 is 2.48 bits per heavy atom. The van der Waals surface area contributed by atoms with Gasteiger partial charge in [0.15, 0.2) is 5.65 Å². The van der Waals surface area contributed by atoms with Gasteiger partial charge in [0, 0.05) is 37.8 Å². The monoisotopic (exact) mass is 388 g/mol. The van der Waals surface area contributed by atoms with Crippen LogP contribution < -0.4 is 4.90 Å². The summed E-state index contributed by atoms with van der Waals surface area (Å²) in [6, 6.07) is 6.28. The van der Waals surface area contributed by atoms with E-state index < -0.39 is 10.0 Å². The number of nitrogens with zero attached hydrogens (tertiary/aromatic N) is 4. The van der Waals surface area contributed by atoms with Crippen molar-refractivity contribution in [3.05, 3.63) is 29.5 Å². The van der Waals surface area contributed by atoms with Crippen LogP contribution in [0, 0.1) is 19.8 Å². The van der Waals surface area contributed by atoms with E-state index in [-0.39, 0.29) is 5.25 Å². The van der Waals surface area contributed by atoms with E-state index in [4.69, 9.17) is 4.98 Å². The van der Waals surface area contributed by atoms with Gasteiger partial charge in [-0.2, -0.15) is 0 Å². The summed E-state index contributed by atoms with van der Waals surface area (Å²) in [4.78, 5) is 11.7. The Labute approximate surface area is 161 Å². The number of piperidine rings is 1. The molecule has 0 unspecified atom stereocenters. The largest absolute Gasteiger partial charge is 0.357 e. The third-order valence-corrected chi connectivity index (χ3v) is 8.16. The average Bonchev–Trinajstić information content (AvgIpc) is 3.47. The van der Waals surface area contributed by atoms with Crippen LogP contribution in [-0.4, -0.2) is 54.6 Å². The smallest absolute Gasteiger partial charge is 0.216 e. The Balaban J connectivity index is 1.41. The SMILES string of the molecule is Cc1cc(C)c2ccc(N3CCC(CN(C)S(=O)(=O)C4CC4)CC3)nc2n1. The van der Waals surface area contributed by atoms with Gasteiger partial charge in [-0.3, -0.25) is 0 Å². The molecule has 1 aliphatic heterocycles. The highest BCUT2D eigenvalue weighted by Gasteiger charge is 2.39. The van der Waals surface area contributed by atoms with Crippen LogP contribution in [0.4, 0.5) is 5.82 Å². The Morgan fingerprint density at radius 2 is 1.81 bits per heavy atom. The second-order valence-electron chi connectivity index (χ2n) is 8.08. The van der Waals surface area contributed by atoms with Gasteiger partial charge < -0.3 is 4.90 Å². The van der Waals surface area contributed by atoms with E-state index in [0.29, 0.717) is 12.5 Å². The molecule has 2 aliphatic rings. The molecular formula is C20H28N4O2S. The summed E-state index contributed by atoms with van der Waals surface area (Å²) in [5, 5.41) is 0.981. The Bertz CT molecular complexity index is 948. The van der Waals surface area contributed by atoms with E-state index in [1.165, 1.54) is 5.56 Å². The molecule has 2 aromatic heterocycles. The van der Waals surface area contributed by atoms with Gasteiger partial charge in [0.2, 0.25) is 10.0 Å². The quantitative estimate of drug-likeness (QED) is 0.788. The minimum atomic E-state index is -3.06. The van der Waals surface area contributed by atoms with Crippen molar-refractivity contribution in [2.45, 2.75) is 44.8 Å². The second-order valence-corrected chi connectivity index (χ2v) is 10.4. The maximum Gasteiger partial charge on any atom is 0.216 e. The van der Waals surface area contributed by atoms with Crippen LogP contribution in [0.1, 0.15) is 36.9 Å². The van der Waals surface area contributed by atoms with Crippen molar-refractivity contribution < 1.29 is 8.42 Å². The maximum absolute atomic E-state index is 12.3. The van der Waals surface area contributed by atoms with Gasteiger partial charge in [-0.1, -0.05) is 0 Å². The molecule has 27 heavy (non-hydrogen) atoms. The fourth-order valence-electron chi connectivity index (χ4n) is 4.03. The summed E-state index contributed by atoms with van der Waals surface area (Å²) in [7, 11) is -1.33. The normalized spacial score (nSPS) is 19.2. The summed E-state index contributed by atoms with van der Waals surface area (Å²) in [6.07, 6.45) is 3.63. The lowest BCUT2D eigenvalue weighted by Crippen LogP contribution is -2.40. The Morgan fingerprint density at radius 1 is 1.11 bits per heavy atom. The fraction of sp³-hybridized carbons (Fsp3) is 0.600. The molecule has 0 spiro atoms. The van der Waals surface area contributed by atoms with Crippen LogP contribution in [0.3, 0.4) is 0 Å². The highest BCUT2D eigenvalue weighted by Crippen LogP contribution is 2.32. The summed E-state index contributed by atoms with van der Waals surface area (Å²) in [5.74, 6) is 1.39. The molecular weight excluding hydrogens is 360 g/mol. The summed E-state index contributed by atoms with van der Waals surface area (Å²) in [5.41, 5.74) is 3.00. The zero-order valence-corrected chi connectivity index (χ0v) is 17.2. The molecule has 6 nitrogen and oxygen atoms in total. The topological polar surface area (TPSA) is 66.4 Å². The minimum absolute atomic E-state index is 0.121. The summed E-state index contributed by atoms with van der Waals surface area (Å²) in [6.45, 7) is 6.54. The molecule has 0 bridgehead atoms. The number of rotatable bonds is 5.